The molecule has 1 aromatic carbocycles. The second-order valence-corrected chi connectivity index (χ2v) is 5.21. The first-order valence-corrected chi connectivity index (χ1v) is 7.33. The number of hydrogen-bond acceptors (Lipinski definition) is 6. The molecule has 3 aromatic rings. The van der Waals surface area contributed by atoms with Crippen LogP contribution in [0.3, 0.4) is 0 Å². The molecule has 120 valence electrons. The Morgan fingerprint density at radius 2 is 1.92 bits per heavy atom. The van der Waals surface area contributed by atoms with Gasteiger partial charge in [-0.2, -0.15) is 0 Å². The Morgan fingerprint density at radius 3 is 2.79 bits per heavy atom. The van der Waals surface area contributed by atoms with Crippen LogP contribution in [0.2, 0.25) is 0 Å². The van der Waals surface area contributed by atoms with Crippen molar-refractivity contribution in [2.45, 2.75) is 6.42 Å². The average molecular weight is 323 g/mol. The van der Waals surface area contributed by atoms with E-state index in [4.69, 9.17) is 14.0 Å². The van der Waals surface area contributed by atoms with Gasteiger partial charge in [0.15, 0.2) is 17.3 Å². The van der Waals surface area contributed by atoms with Crippen LogP contribution in [0.1, 0.15) is 5.69 Å². The number of hydrogen-bond donors (Lipinski definition) is 1. The average Bonchev–Trinajstić information content (AvgIpc) is 3.24. The van der Waals surface area contributed by atoms with Gasteiger partial charge in [-0.3, -0.25) is 9.78 Å². The van der Waals surface area contributed by atoms with E-state index in [1.807, 2.05) is 18.2 Å². The van der Waals surface area contributed by atoms with Gasteiger partial charge in [0.05, 0.1) is 12.1 Å². The molecule has 0 radical (unpaired) electrons. The minimum atomic E-state index is -0.174. The predicted molar refractivity (Wildman–Crippen MR) is 84.6 cm³/mol. The summed E-state index contributed by atoms with van der Waals surface area (Å²) in [4.78, 5) is 15.9. The van der Waals surface area contributed by atoms with Crippen molar-refractivity contribution >= 4 is 11.6 Å². The summed E-state index contributed by atoms with van der Waals surface area (Å²) in [6.45, 7) is 0.218. The van der Waals surface area contributed by atoms with Gasteiger partial charge in [0.25, 0.3) is 0 Å². The lowest BCUT2D eigenvalue weighted by Crippen LogP contribution is -2.14. The summed E-state index contributed by atoms with van der Waals surface area (Å²) in [5.41, 5.74) is 2.05. The number of aromatic nitrogens is 2. The van der Waals surface area contributed by atoms with Gasteiger partial charge in [-0.1, -0.05) is 5.16 Å². The third kappa shape index (κ3) is 2.91. The lowest BCUT2D eigenvalue weighted by molar-refractivity contribution is -0.115. The molecule has 0 atom stereocenters. The summed E-state index contributed by atoms with van der Waals surface area (Å²) < 4.78 is 15.9. The normalized spacial score (nSPS) is 12.2. The Hall–Kier alpha value is -3.35. The fourth-order valence-corrected chi connectivity index (χ4v) is 2.39. The third-order valence-corrected chi connectivity index (χ3v) is 3.52. The molecule has 0 spiro atoms. The number of amides is 1. The van der Waals surface area contributed by atoms with Crippen LogP contribution in [0, 0.1) is 0 Å². The molecule has 7 nitrogen and oxygen atoms in total. The van der Waals surface area contributed by atoms with Gasteiger partial charge in [-0.25, -0.2) is 0 Å². The minimum absolute atomic E-state index is 0.121. The van der Waals surface area contributed by atoms with Crippen LogP contribution in [0.25, 0.3) is 11.3 Å². The van der Waals surface area contributed by atoms with Crippen molar-refractivity contribution in [1.29, 1.82) is 0 Å². The monoisotopic (exact) mass is 323 g/mol. The molecular weight excluding hydrogens is 310 g/mol. The van der Waals surface area contributed by atoms with Crippen LogP contribution in [0.5, 0.6) is 11.5 Å². The quantitative estimate of drug-likeness (QED) is 0.794. The van der Waals surface area contributed by atoms with Gasteiger partial charge < -0.3 is 19.3 Å². The van der Waals surface area contributed by atoms with Gasteiger partial charge in [0.2, 0.25) is 12.7 Å². The van der Waals surface area contributed by atoms with Gasteiger partial charge in [-0.15, -0.1) is 0 Å². The van der Waals surface area contributed by atoms with Crippen LogP contribution >= 0.6 is 0 Å². The van der Waals surface area contributed by atoms with Crippen molar-refractivity contribution in [3.05, 3.63) is 54.5 Å². The molecule has 1 aliphatic heterocycles. The predicted octanol–water partition coefficient (Wildman–Crippen LogP) is 2.65. The Morgan fingerprint density at radius 1 is 1.08 bits per heavy atom. The molecule has 3 heterocycles. The Bertz CT molecular complexity index is 877. The summed E-state index contributed by atoms with van der Waals surface area (Å²) in [6.07, 6.45) is 3.35. The maximum atomic E-state index is 12.0. The van der Waals surface area contributed by atoms with Crippen molar-refractivity contribution in [2.24, 2.45) is 0 Å². The summed E-state index contributed by atoms with van der Waals surface area (Å²) in [6, 6.07) is 10.7. The van der Waals surface area contributed by atoms with E-state index < -0.39 is 0 Å². The topological polar surface area (TPSA) is 86.5 Å². The summed E-state index contributed by atoms with van der Waals surface area (Å²) >= 11 is 0. The van der Waals surface area contributed by atoms with E-state index in [0.29, 0.717) is 28.6 Å². The summed E-state index contributed by atoms with van der Waals surface area (Å²) in [5.74, 6) is 1.77. The van der Waals surface area contributed by atoms with Crippen molar-refractivity contribution in [1.82, 2.24) is 10.1 Å². The molecule has 1 aliphatic rings. The number of anilines is 1. The van der Waals surface area contributed by atoms with E-state index in [1.54, 1.807) is 30.6 Å². The van der Waals surface area contributed by atoms with Crippen molar-refractivity contribution in [2.75, 3.05) is 12.1 Å². The lowest BCUT2D eigenvalue weighted by atomic mass is 10.1. The van der Waals surface area contributed by atoms with Crippen molar-refractivity contribution in [3.8, 4) is 22.8 Å². The van der Waals surface area contributed by atoms with Crippen molar-refractivity contribution < 1.29 is 18.8 Å². The highest BCUT2D eigenvalue weighted by atomic mass is 16.7. The maximum Gasteiger partial charge on any atom is 0.231 e. The SMILES string of the molecule is O=C(Cc1cc(-c2ccc3c(c2)OCO3)on1)Nc1ccncc1. The number of carbonyl (C=O) groups excluding carboxylic acids is 1. The number of benzene rings is 1. The fourth-order valence-electron chi connectivity index (χ4n) is 2.39. The zero-order valence-electron chi connectivity index (χ0n) is 12.6. The second kappa shape index (κ2) is 6.04. The zero-order valence-corrected chi connectivity index (χ0v) is 12.6. The molecule has 4 rings (SSSR count). The molecule has 0 unspecified atom stereocenters. The van der Waals surface area contributed by atoms with Crippen LogP contribution < -0.4 is 14.8 Å². The third-order valence-electron chi connectivity index (χ3n) is 3.52. The molecule has 24 heavy (non-hydrogen) atoms. The van der Waals surface area contributed by atoms with Gasteiger partial charge >= 0.3 is 0 Å². The van der Waals surface area contributed by atoms with Gasteiger partial charge in [0, 0.05) is 29.7 Å². The maximum absolute atomic E-state index is 12.0. The summed E-state index contributed by atoms with van der Waals surface area (Å²) in [5, 5.41) is 6.72. The number of nitrogens with zero attached hydrogens (tertiary/aromatic N) is 2. The number of nitrogens with one attached hydrogen (secondary N) is 1. The highest BCUT2D eigenvalue weighted by Gasteiger charge is 2.16. The van der Waals surface area contributed by atoms with Gasteiger partial charge in [0.1, 0.15) is 0 Å². The standard InChI is InChI=1S/C17H13N3O4/c21-17(19-12-3-5-18-6-4-12)9-13-8-15(24-20-13)11-1-2-14-16(7-11)23-10-22-14/h1-8H,9-10H2,(H,18,19,21). The van der Waals surface area contributed by atoms with Crippen molar-refractivity contribution in [3.63, 3.8) is 0 Å². The second-order valence-electron chi connectivity index (χ2n) is 5.21. The highest BCUT2D eigenvalue weighted by Crippen LogP contribution is 2.36. The van der Waals surface area contributed by atoms with E-state index in [9.17, 15) is 4.79 Å². The Kier molecular flexibility index (Phi) is 3.59. The molecule has 1 amide bonds. The van der Waals surface area contributed by atoms with Crippen LogP contribution in [0.4, 0.5) is 5.69 Å². The lowest BCUT2D eigenvalue weighted by Gasteiger charge is -2.02. The first-order valence-electron chi connectivity index (χ1n) is 7.33. The minimum Gasteiger partial charge on any atom is -0.454 e. The van der Waals surface area contributed by atoms with Gasteiger partial charge in [-0.05, 0) is 30.3 Å². The Balaban J connectivity index is 1.46. The van der Waals surface area contributed by atoms with E-state index in [2.05, 4.69) is 15.5 Å². The molecule has 2 aromatic heterocycles. The van der Waals surface area contributed by atoms with Crippen LogP contribution in [-0.4, -0.2) is 22.8 Å². The number of carbonyl (C=O) groups is 1. The molecule has 7 heteroatoms. The molecule has 0 saturated carbocycles. The molecular formula is C17H13N3O4. The van der Waals surface area contributed by atoms with E-state index in [0.717, 1.165) is 5.56 Å². The molecule has 0 saturated heterocycles. The first kappa shape index (κ1) is 14.3. The number of pyridine rings is 1. The zero-order chi connectivity index (χ0) is 16.4. The summed E-state index contributed by atoms with van der Waals surface area (Å²) in [7, 11) is 0. The Labute approximate surface area is 137 Å². The first-order chi connectivity index (χ1) is 11.8. The molecule has 1 N–H and O–H groups in total. The van der Waals surface area contributed by atoms with E-state index in [-0.39, 0.29) is 19.1 Å². The van der Waals surface area contributed by atoms with Crippen LogP contribution in [-0.2, 0) is 11.2 Å². The molecule has 0 aliphatic carbocycles. The number of fused-ring (bicyclic) bond motifs is 1. The highest BCUT2D eigenvalue weighted by molar-refractivity contribution is 5.92. The fraction of sp³-hybridized carbons (Fsp3) is 0.118. The smallest absolute Gasteiger partial charge is 0.231 e. The van der Waals surface area contributed by atoms with E-state index >= 15 is 0 Å². The molecule has 0 bridgehead atoms. The number of rotatable bonds is 4. The molecule has 0 fully saturated rings. The van der Waals surface area contributed by atoms with Crippen LogP contribution in [0.15, 0.2) is 53.3 Å². The number of ether oxygens (including phenoxy) is 2. The largest absolute Gasteiger partial charge is 0.454 e. The van der Waals surface area contributed by atoms with E-state index in [1.165, 1.54) is 0 Å².